The number of nitrogens with one attached hydrogen (secondary N) is 1. The zero-order chi connectivity index (χ0) is 28.9. The highest BCUT2D eigenvalue weighted by Crippen LogP contribution is 2.21. The Labute approximate surface area is 236 Å². The molecule has 1 fully saturated rings. The quantitative estimate of drug-likeness (QED) is 0.229. The summed E-state index contributed by atoms with van der Waals surface area (Å²) in [5.41, 5.74) is 1.68. The summed E-state index contributed by atoms with van der Waals surface area (Å²) in [5.74, 6) is -2.42. The van der Waals surface area contributed by atoms with E-state index in [1.807, 2.05) is 60.7 Å². The third-order valence-electron chi connectivity index (χ3n) is 7.10. The Bertz CT molecular complexity index is 1110. The van der Waals surface area contributed by atoms with Crippen LogP contribution in [0.15, 0.2) is 60.7 Å². The van der Waals surface area contributed by atoms with E-state index in [2.05, 4.69) is 12.2 Å². The van der Waals surface area contributed by atoms with Gasteiger partial charge in [-0.1, -0.05) is 106 Å². The van der Waals surface area contributed by atoms with E-state index in [0.717, 1.165) is 48.1 Å². The van der Waals surface area contributed by atoms with Crippen molar-refractivity contribution in [1.82, 2.24) is 15.1 Å². The first kappa shape index (κ1) is 30.8. The molecule has 1 heterocycles. The number of rotatable bonds is 16. The second-order valence-corrected chi connectivity index (χ2v) is 10.3. The Morgan fingerprint density at radius 1 is 0.950 bits per heavy atom. The normalized spacial score (nSPS) is 16.6. The van der Waals surface area contributed by atoms with Gasteiger partial charge in [0.05, 0.1) is 12.6 Å². The van der Waals surface area contributed by atoms with Gasteiger partial charge in [-0.3, -0.25) is 14.9 Å². The summed E-state index contributed by atoms with van der Waals surface area (Å²) in [5, 5.41) is 12.8. The number of aliphatic carboxylic acids is 1. The lowest BCUT2D eigenvalue weighted by molar-refractivity contribution is -0.149. The Balaban J connectivity index is 1.67. The zero-order valence-electron chi connectivity index (χ0n) is 23.5. The molecule has 3 atom stereocenters. The topological polar surface area (TPSA) is 116 Å². The van der Waals surface area contributed by atoms with Gasteiger partial charge in [-0.25, -0.2) is 14.5 Å². The van der Waals surface area contributed by atoms with Crippen LogP contribution < -0.4 is 5.32 Å². The van der Waals surface area contributed by atoms with Crippen molar-refractivity contribution in [3.05, 3.63) is 71.8 Å². The van der Waals surface area contributed by atoms with Crippen LogP contribution in [0.2, 0.25) is 0 Å². The van der Waals surface area contributed by atoms with Crippen LogP contribution in [0.1, 0.15) is 69.9 Å². The van der Waals surface area contributed by atoms with E-state index in [9.17, 15) is 24.3 Å². The molecule has 2 aromatic carbocycles. The first-order valence-electron chi connectivity index (χ1n) is 14.2. The Morgan fingerprint density at radius 3 is 2.17 bits per heavy atom. The minimum atomic E-state index is -1.31. The molecule has 1 aliphatic heterocycles. The SMILES string of the molecule is CCCCCCCC[C@H](N[C@H](C)C(=O)N1C(=O)N(Cc2ccccc2)C[C@H]1C(=O)O)C(=O)OCc1ccccc1. The largest absolute Gasteiger partial charge is 0.480 e. The molecule has 1 aliphatic rings. The molecule has 9 nitrogen and oxygen atoms in total. The molecular weight excluding hydrogens is 510 g/mol. The molecule has 2 N–H and O–H groups in total. The predicted octanol–water partition coefficient (Wildman–Crippen LogP) is 4.74. The van der Waals surface area contributed by atoms with Gasteiger partial charge in [0.15, 0.2) is 6.04 Å². The number of carboxylic acids is 1. The highest BCUT2D eigenvalue weighted by atomic mass is 16.5. The van der Waals surface area contributed by atoms with Gasteiger partial charge in [0, 0.05) is 6.54 Å². The number of nitrogens with zero attached hydrogens (tertiary/aromatic N) is 2. The molecule has 0 aromatic heterocycles. The maximum absolute atomic E-state index is 13.5. The summed E-state index contributed by atoms with van der Waals surface area (Å²) < 4.78 is 5.56. The molecular formula is C31H41N3O6. The van der Waals surface area contributed by atoms with Gasteiger partial charge in [-0.2, -0.15) is 0 Å². The van der Waals surface area contributed by atoms with E-state index < -0.39 is 42.0 Å². The maximum Gasteiger partial charge on any atom is 0.328 e. The highest BCUT2D eigenvalue weighted by Gasteiger charge is 2.46. The van der Waals surface area contributed by atoms with E-state index in [0.29, 0.717) is 6.42 Å². The fourth-order valence-electron chi connectivity index (χ4n) is 4.84. The Hall–Kier alpha value is -3.72. The van der Waals surface area contributed by atoms with Crippen molar-refractivity contribution in [3.63, 3.8) is 0 Å². The van der Waals surface area contributed by atoms with Crippen LogP contribution in [-0.4, -0.2) is 63.5 Å². The number of carbonyl (C=O) groups is 4. The van der Waals surface area contributed by atoms with Crippen LogP contribution in [0.5, 0.6) is 0 Å². The number of imide groups is 1. The van der Waals surface area contributed by atoms with E-state index in [1.165, 1.54) is 11.3 Å². The number of carboxylic acid groups (broad SMARTS) is 1. The summed E-state index contributed by atoms with van der Waals surface area (Å²) in [6.07, 6.45) is 6.70. The smallest absolute Gasteiger partial charge is 0.328 e. The fraction of sp³-hybridized carbons (Fsp3) is 0.484. The number of hydrogen-bond acceptors (Lipinski definition) is 6. The number of esters is 1. The van der Waals surface area contributed by atoms with Crippen molar-refractivity contribution in [2.75, 3.05) is 6.54 Å². The minimum Gasteiger partial charge on any atom is -0.480 e. The molecule has 0 unspecified atom stereocenters. The number of ether oxygens (including phenoxy) is 1. The van der Waals surface area contributed by atoms with Crippen LogP contribution in [0.3, 0.4) is 0 Å². The van der Waals surface area contributed by atoms with Crippen molar-refractivity contribution in [3.8, 4) is 0 Å². The number of benzene rings is 2. The lowest BCUT2D eigenvalue weighted by Gasteiger charge is -2.26. The average Bonchev–Trinajstić information content (AvgIpc) is 3.29. The van der Waals surface area contributed by atoms with Gasteiger partial charge in [-0.05, 0) is 24.5 Å². The molecule has 2 aromatic rings. The molecule has 0 spiro atoms. The standard InChI is InChI=1S/C31H41N3O6/c1-3-4-5-6-7-14-19-26(30(38)40-22-25-17-12-9-13-18-25)32-23(2)28(35)34-27(29(36)37)21-33(31(34)39)20-24-15-10-8-11-16-24/h8-13,15-18,23,26-27,32H,3-7,14,19-22H2,1-2H3,(H,36,37)/t23-,26+,27+/m1/s1. The van der Waals surface area contributed by atoms with Crippen molar-refractivity contribution in [2.45, 2.75) is 90.1 Å². The molecule has 1 saturated heterocycles. The van der Waals surface area contributed by atoms with Crippen LogP contribution in [0.25, 0.3) is 0 Å². The van der Waals surface area contributed by atoms with Crippen molar-refractivity contribution >= 4 is 23.9 Å². The number of unbranched alkanes of at least 4 members (excludes halogenated alkanes) is 5. The van der Waals surface area contributed by atoms with Crippen molar-refractivity contribution < 1.29 is 29.0 Å². The van der Waals surface area contributed by atoms with Gasteiger partial charge in [-0.15, -0.1) is 0 Å². The lowest BCUT2D eigenvalue weighted by atomic mass is 10.0. The summed E-state index contributed by atoms with van der Waals surface area (Å²) in [6, 6.07) is 14.8. The summed E-state index contributed by atoms with van der Waals surface area (Å²) >= 11 is 0. The van der Waals surface area contributed by atoms with E-state index in [4.69, 9.17) is 4.74 Å². The number of hydrogen-bond donors (Lipinski definition) is 2. The first-order valence-corrected chi connectivity index (χ1v) is 14.2. The molecule has 216 valence electrons. The van der Waals surface area contributed by atoms with Gasteiger partial charge in [0.1, 0.15) is 12.6 Å². The van der Waals surface area contributed by atoms with Gasteiger partial charge >= 0.3 is 18.0 Å². The predicted molar refractivity (Wildman–Crippen MR) is 151 cm³/mol. The van der Waals surface area contributed by atoms with Crippen LogP contribution in [0, 0.1) is 0 Å². The molecule has 3 amide bonds. The summed E-state index contributed by atoms with van der Waals surface area (Å²) in [4.78, 5) is 53.9. The molecule has 9 heteroatoms. The molecule has 0 saturated carbocycles. The molecule has 0 aliphatic carbocycles. The van der Waals surface area contributed by atoms with Gasteiger partial charge in [0.2, 0.25) is 5.91 Å². The van der Waals surface area contributed by atoms with Crippen LogP contribution >= 0.6 is 0 Å². The second-order valence-electron chi connectivity index (χ2n) is 10.3. The second kappa shape index (κ2) is 15.8. The van der Waals surface area contributed by atoms with E-state index in [1.54, 1.807) is 6.92 Å². The lowest BCUT2D eigenvalue weighted by Crippen LogP contribution is -2.54. The van der Waals surface area contributed by atoms with Crippen LogP contribution in [-0.2, 0) is 32.3 Å². The zero-order valence-corrected chi connectivity index (χ0v) is 23.5. The molecule has 0 radical (unpaired) electrons. The van der Waals surface area contributed by atoms with Gasteiger partial charge in [0.25, 0.3) is 0 Å². The summed E-state index contributed by atoms with van der Waals surface area (Å²) in [7, 11) is 0. The van der Waals surface area contributed by atoms with E-state index in [-0.39, 0.29) is 19.7 Å². The molecule has 40 heavy (non-hydrogen) atoms. The Morgan fingerprint density at radius 2 is 1.55 bits per heavy atom. The summed E-state index contributed by atoms with van der Waals surface area (Å²) in [6.45, 7) is 3.90. The fourth-order valence-corrected chi connectivity index (χ4v) is 4.84. The molecule has 3 rings (SSSR count). The van der Waals surface area contributed by atoms with Crippen molar-refractivity contribution in [1.29, 1.82) is 0 Å². The van der Waals surface area contributed by atoms with E-state index >= 15 is 0 Å². The number of amides is 3. The Kier molecular flexibility index (Phi) is 12.1. The first-order chi connectivity index (χ1) is 19.3. The van der Waals surface area contributed by atoms with Crippen molar-refractivity contribution in [2.24, 2.45) is 0 Å². The van der Waals surface area contributed by atoms with Gasteiger partial charge < -0.3 is 14.7 Å². The highest BCUT2D eigenvalue weighted by molar-refractivity contribution is 6.02. The maximum atomic E-state index is 13.5. The minimum absolute atomic E-state index is 0.108. The molecule has 0 bridgehead atoms. The third-order valence-corrected chi connectivity index (χ3v) is 7.10. The number of urea groups is 1. The number of carbonyl (C=O) groups excluding carboxylic acids is 3. The average molecular weight is 552 g/mol. The van der Waals surface area contributed by atoms with Crippen LogP contribution in [0.4, 0.5) is 4.79 Å². The monoisotopic (exact) mass is 551 g/mol. The third kappa shape index (κ3) is 8.91.